The maximum atomic E-state index is 12.7. The van der Waals surface area contributed by atoms with Crippen LogP contribution in [0.5, 0.6) is 0 Å². The topological polar surface area (TPSA) is 74.6 Å². The molecule has 4 heteroatoms. The number of unbranched alkanes of at least 4 members (excludes halogenated alkanes) is 6. The lowest BCUT2D eigenvalue weighted by molar-refractivity contribution is -0.161. The van der Waals surface area contributed by atoms with E-state index >= 15 is 0 Å². The molecule has 0 bridgehead atoms. The molecule has 0 aliphatic heterocycles. The van der Waals surface area contributed by atoms with Crippen LogP contribution in [0.4, 0.5) is 0 Å². The molecule has 0 aromatic heterocycles. The summed E-state index contributed by atoms with van der Waals surface area (Å²) in [5.41, 5.74) is -0.696. The second kappa shape index (κ2) is 14.9. The van der Waals surface area contributed by atoms with E-state index in [0.717, 1.165) is 44.9 Å². The lowest BCUT2D eigenvalue weighted by Gasteiger charge is -2.45. The highest BCUT2D eigenvalue weighted by Gasteiger charge is 2.49. The zero-order valence-electron chi connectivity index (χ0n) is 19.1. The van der Waals surface area contributed by atoms with Crippen molar-refractivity contribution in [3.05, 3.63) is 0 Å². The van der Waals surface area contributed by atoms with Gasteiger partial charge in [-0.1, -0.05) is 92.4 Å². The molecule has 166 valence electrons. The Morgan fingerprint density at radius 1 is 0.821 bits per heavy atom. The lowest BCUT2D eigenvalue weighted by atomic mass is 9.58. The van der Waals surface area contributed by atoms with Gasteiger partial charge in [0, 0.05) is 6.42 Å². The minimum absolute atomic E-state index is 0.106. The molecule has 0 amide bonds. The Kier molecular flexibility index (Phi) is 14.3. The maximum Gasteiger partial charge on any atom is 0.310 e. The van der Waals surface area contributed by atoms with Crippen molar-refractivity contribution in [2.24, 2.45) is 23.2 Å². The summed E-state index contributed by atoms with van der Waals surface area (Å²) in [5.74, 6) is -0.846. The maximum absolute atomic E-state index is 12.7. The first-order valence-electron chi connectivity index (χ1n) is 11.7. The zero-order valence-corrected chi connectivity index (χ0v) is 19.1. The van der Waals surface area contributed by atoms with E-state index in [9.17, 15) is 14.7 Å². The molecule has 0 spiro atoms. The van der Waals surface area contributed by atoms with E-state index in [1.54, 1.807) is 0 Å². The van der Waals surface area contributed by atoms with Crippen molar-refractivity contribution in [3.63, 3.8) is 0 Å². The lowest BCUT2D eigenvalue weighted by Crippen LogP contribution is -2.46. The minimum atomic E-state index is -0.765. The van der Waals surface area contributed by atoms with Crippen molar-refractivity contribution >= 4 is 11.9 Å². The summed E-state index contributed by atoms with van der Waals surface area (Å²) in [7, 11) is 0. The van der Waals surface area contributed by atoms with Crippen molar-refractivity contribution < 1.29 is 19.8 Å². The van der Waals surface area contributed by atoms with Gasteiger partial charge in [0.25, 0.3) is 0 Å². The quantitative estimate of drug-likeness (QED) is 0.240. The normalized spacial score (nSPS) is 16.9. The molecule has 0 aromatic rings. The summed E-state index contributed by atoms with van der Waals surface area (Å²) in [6, 6.07) is 0. The first-order valence-corrected chi connectivity index (χ1v) is 11.7. The van der Waals surface area contributed by atoms with Crippen LogP contribution in [0.2, 0.25) is 0 Å². The van der Waals surface area contributed by atoms with E-state index in [2.05, 4.69) is 34.6 Å². The summed E-state index contributed by atoms with van der Waals surface area (Å²) in [6.45, 7) is 10.7. The van der Waals surface area contributed by atoms with Gasteiger partial charge in [0.05, 0.1) is 5.41 Å². The summed E-state index contributed by atoms with van der Waals surface area (Å²) < 4.78 is 0. The average molecular weight is 399 g/mol. The molecular formula is C24H46O4. The fourth-order valence-corrected chi connectivity index (χ4v) is 4.81. The molecule has 0 fully saturated rings. The molecule has 0 aliphatic carbocycles. The van der Waals surface area contributed by atoms with Gasteiger partial charge in [0.2, 0.25) is 0 Å². The number of carboxylic acids is 2. The van der Waals surface area contributed by atoms with Gasteiger partial charge >= 0.3 is 11.9 Å². The Bertz CT molecular complexity index is 434. The standard InChI is InChI=1S/C24H46O4/c1-6-9-10-11-12-15-18-24(23(27)28,20(5)8-3)21(19(4)7-2)16-13-14-17-22(25)26/h19-21H,6-18H2,1-5H3,(H,25,26)(H,27,28). The first-order chi connectivity index (χ1) is 13.3. The average Bonchev–Trinajstić information content (AvgIpc) is 2.66. The van der Waals surface area contributed by atoms with Crippen LogP contribution in [0.15, 0.2) is 0 Å². The summed E-state index contributed by atoms with van der Waals surface area (Å²) in [6.07, 6.45) is 12.0. The van der Waals surface area contributed by atoms with Crippen molar-refractivity contribution in [1.82, 2.24) is 0 Å². The number of aliphatic carboxylic acids is 2. The van der Waals surface area contributed by atoms with Gasteiger partial charge in [-0.3, -0.25) is 9.59 Å². The molecule has 4 atom stereocenters. The molecule has 4 unspecified atom stereocenters. The van der Waals surface area contributed by atoms with Gasteiger partial charge in [0.1, 0.15) is 0 Å². The Labute approximate surface area is 173 Å². The van der Waals surface area contributed by atoms with E-state index in [-0.39, 0.29) is 18.3 Å². The number of carboxylic acid groups (broad SMARTS) is 2. The number of hydrogen-bond acceptors (Lipinski definition) is 2. The molecule has 2 N–H and O–H groups in total. The van der Waals surface area contributed by atoms with Crippen molar-refractivity contribution in [2.75, 3.05) is 0 Å². The van der Waals surface area contributed by atoms with E-state index in [0.29, 0.717) is 12.3 Å². The molecule has 4 nitrogen and oxygen atoms in total. The van der Waals surface area contributed by atoms with Gasteiger partial charge in [-0.05, 0) is 37.0 Å². The summed E-state index contributed by atoms with van der Waals surface area (Å²) in [5, 5.41) is 19.4. The largest absolute Gasteiger partial charge is 0.481 e. The van der Waals surface area contributed by atoms with Gasteiger partial charge in [-0.2, -0.15) is 0 Å². The minimum Gasteiger partial charge on any atom is -0.481 e. The molecule has 0 saturated carbocycles. The fourth-order valence-electron chi connectivity index (χ4n) is 4.81. The smallest absolute Gasteiger partial charge is 0.310 e. The fraction of sp³-hybridized carbons (Fsp3) is 0.917. The van der Waals surface area contributed by atoms with Crippen LogP contribution in [-0.2, 0) is 9.59 Å². The molecule has 0 aliphatic rings. The van der Waals surface area contributed by atoms with E-state index in [4.69, 9.17) is 5.11 Å². The van der Waals surface area contributed by atoms with Crippen LogP contribution in [0, 0.1) is 23.2 Å². The van der Waals surface area contributed by atoms with Crippen molar-refractivity contribution in [3.8, 4) is 0 Å². The van der Waals surface area contributed by atoms with Gasteiger partial charge < -0.3 is 10.2 Å². The third-order valence-electron chi connectivity index (χ3n) is 6.98. The molecule has 0 heterocycles. The molecule has 0 rings (SSSR count). The highest BCUT2D eigenvalue weighted by Crippen LogP contribution is 2.49. The Morgan fingerprint density at radius 3 is 1.93 bits per heavy atom. The first kappa shape index (κ1) is 26.9. The molecule has 0 aromatic carbocycles. The monoisotopic (exact) mass is 398 g/mol. The third kappa shape index (κ3) is 8.53. The Morgan fingerprint density at radius 2 is 1.43 bits per heavy atom. The SMILES string of the molecule is CCCCCCCCC(C(=O)O)(C(C)CC)C(CCCCC(=O)O)C(C)CC. The van der Waals surface area contributed by atoms with Crippen LogP contribution in [-0.4, -0.2) is 22.2 Å². The Balaban J connectivity index is 5.39. The predicted octanol–water partition coefficient (Wildman–Crippen LogP) is 7.16. The van der Waals surface area contributed by atoms with Crippen molar-refractivity contribution in [1.29, 1.82) is 0 Å². The summed E-state index contributed by atoms with van der Waals surface area (Å²) in [4.78, 5) is 23.5. The van der Waals surface area contributed by atoms with Gasteiger partial charge in [-0.15, -0.1) is 0 Å². The van der Waals surface area contributed by atoms with Gasteiger partial charge in [-0.25, -0.2) is 0 Å². The van der Waals surface area contributed by atoms with Crippen LogP contribution in [0.25, 0.3) is 0 Å². The second-order valence-corrected chi connectivity index (χ2v) is 8.80. The van der Waals surface area contributed by atoms with Crippen LogP contribution < -0.4 is 0 Å². The van der Waals surface area contributed by atoms with Crippen molar-refractivity contribution in [2.45, 2.75) is 118 Å². The van der Waals surface area contributed by atoms with Crippen LogP contribution >= 0.6 is 0 Å². The molecule has 0 radical (unpaired) electrons. The van der Waals surface area contributed by atoms with E-state index in [1.165, 1.54) is 25.7 Å². The van der Waals surface area contributed by atoms with Gasteiger partial charge in [0.15, 0.2) is 0 Å². The van der Waals surface area contributed by atoms with Crippen LogP contribution in [0.3, 0.4) is 0 Å². The summed E-state index contributed by atoms with van der Waals surface area (Å²) >= 11 is 0. The Hall–Kier alpha value is -1.06. The van der Waals surface area contributed by atoms with E-state index in [1.807, 2.05) is 0 Å². The highest BCUT2D eigenvalue weighted by atomic mass is 16.4. The number of carbonyl (C=O) groups is 2. The third-order valence-corrected chi connectivity index (χ3v) is 6.98. The van der Waals surface area contributed by atoms with E-state index < -0.39 is 17.4 Å². The second-order valence-electron chi connectivity index (χ2n) is 8.80. The zero-order chi connectivity index (χ0) is 21.6. The number of hydrogen-bond donors (Lipinski definition) is 2. The predicted molar refractivity (Wildman–Crippen MR) is 117 cm³/mol. The highest BCUT2D eigenvalue weighted by molar-refractivity contribution is 5.75. The molecule has 0 saturated heterocycles. The molecule has 28 heavy (non-hydrogen) atoms. The molecular weight excluding hydrogens is 352 g/mol. The van der Waals surface area contributed by atoms with Crippen LogP contribution in [0.1, 0.15) is 118 Å². The number of rotatable bonds is 18.